The first kappa shape index (κ1) is 13.2. The number of carbonyl (C=O) groups is 1. The first-order valence-corrected chi connectivity index (χ1v) is 8.06. The van der Waals surface area contributed by atoms with Crippen molar-refractivity contribution in [2.75, 3.05) is 0 Å². The van der Waals surface area contributed by atoms with Gasteiger partial charge in [0.1, 0.15) is 0 Å². The molecule has 1 aromatic rings. The van der Waals surface area contributed by atoms with E-state index in [0.717, 1.165) is 23.6 Å². The molecule has 0 aliphatic heterocycles. The predicted molar refractivity (Wildman–Crippen MR) is 74.6 cm³/mol. The summed E-state index contributed by atoms with van der Waals surface area (Å²) in [7, 11) is 0. The van der Waals surface area contributed by atoms with Gasteiger partial charge in [-0.15, -0.1) is 5.10 Å². The van der Waals surface area contributed by atoms with Gasteiger partial charge in [0.25, 0.3) is 0 Å². The average molecular weight is 290 g/mol. The maximum atomic E-state index is 11.0. The van der Waals surface area contributed by atoms with E-state index < -0.39 is 5.97 Å². The normalized spacial score (nSPS) is 38.6. The molecular formula is C15H22N4O2. The van der Waals surface area contributed by atoms with Gasteiger partial charge >= 0.3 is 5.97 Å². The molecule has 0 amide bonds. The third-order valence-corrected chi connectivity index (χ3v) is 5.89. The van der Waals surface area contributed by atoms with E-state index in [1.807, 2.05) is 6.92 Å². The van der Waals surface area contributed by atoms with Crippen LogP contribution in [0.3, 0.4) is 0 Å². The van der Waals surface area contributed by atoms with Crippen LogP contribution in [0.25, 0.3) is 0 Å². The van der Waals surface area contributed by atoms with E-state index >= 15 is 0 Å². The minimum absolute atomic E-state index is 0.0738. The summed E-state index contributed by atoms with van der Waals surface area (Å²) in [6.07, 6.45) is 7.80. The summed E-state index contributed by atoms with van der Waals surface area (Å²) in [5.41, 5.74) is 0.116. The SMILES string of the molecule is CC(CC(=O)O)n1nnnc1C12CC3CC(CC(C3)C1)C2. The van der Waals surface area contributed by atoms with Crippen molar-refractivity contribution in [2.24, 2.45) is 17.8 Å². The maximum Gasteiger partial charge on any atom is 0.305 e. The summed E-state index contributed by atoms with van der Waals surface area (Å²) in [5, 5.41) is 21.4. The van der Waals surface area contributed by atoms with E-state index in [-0.39, 0.29) is 17.9 Å². The van der Waals surface area contributed by atoms with Crippen LogP contribution in [0.2, 0.25) is 0 Å². The molecule has 1 aromatic heterocycles. The van der Waals surface area contributed by atoms with Crippen molar-refractivity contribution in [1.82, 2.24) is 20.2 Å². The highest BCUT2D eigenvalue weighted by Crippen LogP contribution is 2.60. The summed E-state index contributed by atoms with van der Waals surface area (Å²) in [4.78, 5) is 11.0. The van der Waals surface area contributed by atoms with Crippen LogP contribution in [0.15, 0.2) is 0 Å². The molecule has 1 heterocycles. The van der Waals surface area contributed by atoms with E-state index in [1.165, 1.54) is 38.5 Å². The summed E-state index contributed by atoms with van der Waals surface area (Å²) in [5.74, 6) is 2.65. The van der Waals surface area contributed by atoms with Crippen LogP contribution in [0.4, 0.5) is 0 Å². The minimum atomic E-state index is -0.797. The number of aliphatic carboxylic acids is 1. The molecular weight excluding hydrogens is 268 g/mol. The highest BCUT2D eigenvalue weighted by Gasteiger charge is 2.54. The zero-order valence-electron chi connectivity index (χ0n) is 12.4. The lowest BCUT2D eigenvalue weighted by Crippen LogP contribution is -2.50. The van der Waals surface area contributed by atoms with Crippen molar-refractivity contribution in [3.8, 4) is 0 Å². The van der Waals surface area contributed by atoms with Crippen LogP contribution in [-0.4, -0.2) is 31.3 Å². The quantitative estimate of drug-likeness (QED) is 0.919. The molecule has 1 N–H and O–H groups in total. The third-order valence-electron chi connectivity index (χ3n) is 5.89. The lowest BCUT2D eigenvalue weighted by Gasteiger charge is -2.56. The van der Waals surface area contributed by atoms with Gasteiger partial charge in [-0.3, -0.25) is 4.79 Å². The van der Waals surface area contributed by atoms with E-state index in [2.05, 4.69) is 15.5 Å². The van der Waals surface area contributed by atoms with Crippen molar-refractivity contribution in [3.05, 3.63) is 5.82 Å². The van der Waals surface area contributed by atoms with Gasteiger partial charge in [-0.1, -0.05) is 0 Å². The van der Waals surface area contributed by atoms with Gasteiger partial charge in [0.05, 0.1) is 12.5 Å². The second-order valence-corrected chi connectivity index (χ2v) is 7.59. The summed E-state index contributed by atoms with van der Waals surface area (Å²) in [6, 6.07) is -0.180. The molecule has 0 saturated heterocycles. The van der Waals surface area contributed by atoms with Crippen molar-refractivity contribution in [3.63, 3.8) is 0 Å². The Kier molecular flexibility index (Phi) is 2.84. The Morgan fingerprint density at radius 2 is 1.86 bits per heavy atom. The van der Waals surface area contributed by atoms with Gasteiger partial charge in [0.15, 0.2) is 5.82 Å². The molecule has 114 valence electrons. The average Bonchev–Trinajstić information content (AvgIpc) is 2.85. The lowest BCUT2D eigenvalue weighted by molar-refractivity contribution is -0.137. The Balaban J connectivity index is 1.68. The molecule has 0 spiro atoms. The zero-order chi connectivity index (χ0) is 14.6. The fraction of sp³-hybridized carbons (Fsp3) is 0.867. The monoisotopic (exact) mass is 290 g/mol. The molecule has 21 heavy (non-hydrogen) atoms. The van der Waals surface area contributed by atoms with E-state index in [4.69, 9.17) is 5.11 Å². The first-order valence-electron chi connectivity index (χ1n) is 8.06. The molecule has 6 heteroatoms. The Hall–Kier alpha value is -1.46. The fourth-order valence-corrected chi connectivity index (χ4v) is 5.56. The van der Waals surface area contributed by atoms with Crippen LogP contribution in [0, 0.1) is 17.8 Å². The highest BCUT2D eigenvalue weighted by atomic mass is 16.4. The second-order valence-electron chi connectivity index (χ2n) is 7.59. The highest BCUT2D eigenvalue weighted by molar-refractivity contribution is 5.67. The Labute approximate surface area is 123 Å². The number of hydrogen-bond donors (Lipinski definition) is 1. The molecule has 4 aliphatic carbocycles. The Bertz CT molecular complexity index is 532. The molecule has 0 aromatic carbocycles. The molecule has 6 nitrogen and oxygen atoms in total. The largest absolute Gasteiger partial charge is 0.481 e. The van der Waals surface area contributed by atoms with Crippen LogP contribution in [0.5, 0.6) is 0 Å². The Morgan fingerprint density at radius 1 is 1.29 bits per heavy atom. The number of hydrogen-bond acceptors (Lipinski definition) is 4. The summed E-state index contributed by atoms with van der Waals surface area (Å²) >= 11 is 0. The molecule has 0 radical (unpaired) electrons. The first-order chi connectivity index (χ1) is 10.1. The summed E-state index contributed by atoms with van der Waals surface area (Å²) < 4.78 is 1.79. The number of tetrazole rings is 1. The minimum Gasteiger partial charge on any atom is -0.481 e. The predicted octanol–water partition coefficient (Wildman–Crippen LogP) is 2.18. The van der Waals surface area contributed by atoms with Crippen molar-refractivity contribution < 1.29 is 9.90 Å². The third kappa shape index (κ3) is 2.07. The smallest absolute Gasteiger partial charge is 0.305 e. The molecule has 5 rings (SSSR count). The van der Waals surface area contributed by atoms with Gasteiger partial charge in [0, 0.05) is 5.41 Å². The zero-order valence-corrected chi connectivity index (χ0v) is 12.4. The topological polar surface area (TPSA) is 80.9 Å². The number of rotatable bonds is 4. The van der Waals surface area contributed by atoms with Gasteiger partial charge < -0.3 is 5.11 Å². The van der Waals surface area contributed by atoms with Crippen molar-refractivity contribution >= 4 is 5.97 Å². The number of carboxylic acid groups (broad SMARTS) is 1. The number of nitrogens with zero attached hydrogens (tertiary/aromatic N) is 4. The molecule has 4 aliphatic rings. The van der Waals surface area contributed by atoms with Crippen LogP contribution < -0.4 is 0 Å². The van der Waals surface area contributed by atoms with Crippen molar-refractivity contribution in [1.29, 1.82) is 0 Å². The van der Waals surface area contributed by atoms with Crippen molar-refractivity contribution in [2.45, 2.75) is 63.3 Å². The lowest BCUT2D eigenvalue weighted by atomic mass is 9.49. The second kappa shape index (κ2) is 4.52. The molecule has 1 unspecified atom stereocenters. The van der Waals surface area contributed by atoms with Crippen LogP contribution in [-0.2, 0) is 10.2 Å². The molecule has 4 fully saturated rings. The fourth-order valence-electron chi connectivity index (χ4n) is 5.56. The number of aromatic nitrogens is 4. The molecule has 4 bridgehead atoms. The van der Waals surface area contributed by atoms with Crippen LogP contribution in [0.1, 0.15) is 63.7 Å². The van der Waals surface area contributed by atoms with Gasteiger partial charge in [-0.25, -0.2) is 4.68 Å². The van der Waals surface area contributed by atoms with Gasteiger partial charge in [-0.2, -0.15) is 0 Å². The molecule has 4 saturated carbocycles. The molecule has 1 atom stereocenters. The van der Waals surface area contributed by atoms with E-state index in [0.29, 0.717) is 0 Å². The maximum absolute atomic E-state index is 11.0. The van der Waals surface area contributed by atoms with E-state index in [1.54, 1.807) is 4.68 Å². The standard InChI is InChI=1S/C15H22N4O2/c1-9(2-13(20)21)19-14(16-17-18-19)15-6-10-3-11(7-15)5-12(4-10)8-15/h9-12H,2-8H2,1H3,(H,20,21). The van der Waals surface area contributed by atoms with E-state index in [9.17, 15) is 4.79 Å². The van der Waals surface area contributed by atoms with Crippen LogP contribution >= 0.6 is 0 Å². The van der Waals surface area contributed by atoms with Gasteiger partial charge in [0.2, 0.25) is 0 Å². The number of carboxylic acids is 1. The Morgan fingerprint density at radius 3 is 2.38 bits per heavy atom. The van der Waals surface area contributed by atoms with Gasteiger partial charge in [-0.05, 0) is 73.6 Å². The summed E-state index contributed by atoms with van der Waals surface area (Å²) in [6.45, 7) is 1.90.